The normalized spacial score (nSPS) is 10.1. The highest BCUT2D eigenvalue weighted by Gasteiger charge is 2.03. The Hall–Kier alpha value is -1.44. The van der Waals surface area contributed by atoms with Gasteiger partial charge in [-0.3, -0.25) is 9.59 Å². The Morgan fingerprint density at radius 2 is 1.62 bits per heavy atom. The number of rotatable bonds is 6. The standard InChI is InChI=1S/C14H18O2/c1-3-13(15)10-7-11-5-8-12(9-6-11)14(16)4-2/h5-6,8-9H,3-4,7,10H2,1-2H3. The minimum atomic E-state index is 0.163. The number of hydrogen-bond acceptors (Lipinski definition) is 2. The third-order valence-electron chi connectivity index (χ3n) is 2.68. The number of aryl methyl sites for hydroxylation is 1. The summed E-state index contributed by atoms with van der Waals surface area (Å²) in [7, 11) is 0. The average molecular weight is 218 g/mol. The van der Waals surface area contributed by atoms with Crippen LogP contribution in [0.3, 0.4) is 0 Å². The van der Waals surface area contributed by atoms with Gasteiger partial charge in [0, 0.05) is 24.8 Å². The fourth-order valence-electron chi connectivity index (χ4n) is 1.52. The summed E-state index contributed by atoms with van der Waals surface area (Å²) in [6, 6.07) is 7.56. The van der Waals surface area contributed by atoms with E-state index in [1.54, 1.807) is 0 Å². The maximum absolute atomic E-state index is 11.4. The fourth-order valence-corrected chi connectivity index (χ4v) is 1.52. The number of carbonyl (C=O) groups excluding carboxylic acids is 2. The number of benzene rings is 1. The van der Waals surface area contributed by atoms with E-state index in [2.05, 4.69) is 0 Å². The molecule has 0 bridgehead atoms. The molecule has 0 aliphatic rings. The first kappa shape index (κ1) is 12.6. The van der Waals surface area contributed by atoms with E-state index in [1.165, 1.54) is 0 Å². The molecule has 0 atom stereocenters. The Morgan fingerprint density at radius 3 is 2.12 bits per heavy atom. The molecule has 0 amide bonds. The van der Waals surface area contributed by atoms with Crippen LogP contribution >= 0.6 is 0 Å². The monoisotopic (exact) mass is 218 g/mol. The van der Waals surface area contributed by atoms with Gasteiger partial charge in [-0.1, -0.05) is 38.1 Å². The average Bonchev–Trinajstić information content (AvgIpc) is 2.35. The third kappa shape index (κ3) is 3.61. The summed E-state index contributed by atoms with van der Waals surface area (Å²) in [5.74, 6) is 0.449. The minimum Gasteiger partial charge on any atom is -0.300 e. The molecule has 0 radical (unpaired) electrons. The summed E-state index contributed by atoms with van der Waals surface area (Å²) < 4.78 is 0. The molecule has 0 spiro atoms. The van der Waals surface area contributed by atoms with Crippen LogP contribution in [0.2, 0.25) is 0 Å². The first-order valence-corrected chi connectivity index (χ1v) is 5.81. The molecule has 1 aromatic carbocycles. The lowest BCUT2D eigenvalue weighted by molar-refractivity contribution is -0.118. The molecule has 0 aliphatic carbocycles. The second kappa shape index (κ2) is 6.21. The Kier molecular flexibility index (Phi) is 4.90. The maximum atomic E-state index is 11.4. The summed E-state index contributed by atoms with van der Waals surface area (Å²) in [4.78, 5) is 22.5. The van der Waals surface area contributed by atoms with Gasteiger partial charge in [-0.05, 0) is 12.0 Å². The van der Waals surface area contributed by atoms with Crippen molar-refractivity contribution in [2.24, 2.45) is 0 Å². The van der Waals surface area contributed by atoms with Crippen LogP contribution in [0.1, 0.15) is 49.0 Å². The molecule has 0 unspecified atom stereocenters. The van der Waals surface area contributed by atoms with Crippen molar-refractivity contribution in [2.75, 3.05) is 0 Å². The van der Waals surface area contributed by atoms with Gasteiger partial charge in [-0.25, -0.2) is 0 Å². The minimum absolute atomic E-state index is 0.163. The fraction of sp³-hybridized carbons (Fsp3) is 0.429. The quantitative estimate of drug-likeness (QED) is 0.687. The Bertz CT molecular complexity index is 363. The van der Waals surface area contributed by atoms with E-state index in [-0.39, 0.29) is 11.6 Å². The predicted octanol–water partition coefficient (Wildman–Crippen LogP) is 3.19. The highest BCUT2D eigenvalue weighted by atomic mass is 16.1. The van der Waals surface area contributed by atoms with Crippen molar-refractivity contribution in [1.29, 1.82) is 0 Å². The van der Waals surface area contributed by atoms with E-state index in [9.17, 15) is 9.59 Å². The van der Waals surface area contributed by atoms with Crippen molar-refractivity contribution in [2.45, 2.75) is 39.5 Å². The van der Waals surface area contributed by atoms with Crippen LogP contribution < -0.4 is 0 Å². The molecule has 2 nitrogen and oxygen atoms in total. The maximum Gasteiger partial charge on any atom is 0.162 e. The van der Waals surface area contributed by atoms with E-state index in [1.807, 2.05) is 38.1 Å². The summed E-state index contributed by atoms with van der Waals surface area (Å²) in [5.41, 5.74) is 1.88. The van der Waals surface area contributed by atoms with Crippen LogP contribution in [0.4, 0.5) is 0 Å². The molecule has 86 valence electrons. The van der Waals surface area contributed by atoms with Gasteiger partial charge < -0.3 is 0 Å². The van der Waals surface area contributed by atoms with Crippen molar-refractivity contribution >= 4 is 11.6 Å². The van der Waals surface area contributed by atoms with Crippen molar-refractivity contribution in [3.63, 3.8) is 0 Å². The molecule has 0 saturated heterocycles. The second-order valence-electron chi connectivity index (χ2n) is 3.87. The first-order valence-electron chi connectivity index (χ1n) is 5.81. The molecule has 0 saturated carbocycles. The van der Waals surface area contributed by atoms with E-state index in [4.69, 9.17) is 0 Å². The molecule has 0 fully saturated rings. The molecule has 1 rings (SSSR count). The number of carbonyl (C=O) groups is 2. The lowest BCUT2D eigenvalue weighted by Crippen LogP contribution is -1.99. The topological polar surface area (TPSA) is 34.1 Å². The van der Waals surface area contributed by atoms with Crippen LogP contribution in [0.15, 0.2) is 24.3 Å². The van der Waals surface area contributed by atoms with Crippen LogP contribution in [-0.2, 0) is 11.2 Å². The highest BCUT2D eigenvalue weighted by Crippen LogP contribution is 2.09. The van der Waals surface area contributed by atoms with Gasteiger partial charge >= 0.3 is 0 Å². The largest absolute Gasteiger partial charge is 0.300 e. The lowest BCUT2D eigenvalue weighted by atomic mass is 10.0. The van der Waals surface area contributed by atoms with Crippen LogP contribution in [0.5, 0.6) is 0 Å². The van der Waals surface area contributed by atoms with Crippen LogP contribution in [0.25, 0.3) is 0 Å². The van der Waals surface area contributed by atoms with Crippen LogP contribution in [0, 0.1) is 0 Å². The Morgan fingerprint density at radius 1 is 1.00 bits per heavy atom. The third-order valence-corrected chi connectivity index (χ3v) is 2.68. The summed E-state index contributed by atoms with van der Waals surface area (Å²) in [5, 5.41) is 0. The van der Waals surface area contributed by atoms with Gasteiger partial charge in [0.25, 0.3) is 0 Å². The molecule has 0 heterocycles. The lowest BCUT2D eigenvalue weighted by Gasteiger charge is -2.02. The Balaban J connectivity index is 2.58. The highest BCUT2D eigenvalue weighted by molar-refractivity contribution is 5.95. The Labute approximate surface area is 96.7 Å². The van der Waals surface area contributed by atoms with Gasteiger partial charge in [0.05, 0.1) is 0 Å². The molecular formula is C14H18O2. The molecular weight excluding hydrogens is 200 g/mol. The zero-order chi connectivity index (χ0) is 12.0. The van der Waals surface area contributed by atoms with Gasteiger partial charge in [0.2, 0.25) is 0 Å². The summed E-state index contributed by atoms with van der Waals surface area (Å²) >= 11 is 0. The van der Waals surface area contributed by atoms with E-state index in [0.29, 0.717) is 19.3 Å². The molecule has 1 aromatic rings. The van der Waals surface area contributed by atoms with Gasteiger partial charge in [0.15, 0.2) is 5.78 Å². The van der Waals surface area contributed by atoms with Crippen molar-refractivity contribution in [3.8, 4) is 0 Å². The van der Waals surface area contributed by atoms with Gasteiger partial charge in [-0.2, -0.15) is 0 Å². The van der Waals surface area contributed by atoms with E-state index >= 15 is 0 Å². The number of hydrogen-bond donors (Lipinski definition) is 0. The molecule has 2 heteroatoms. The van der Waals surface area contributed by atoms with Gasteiger partial charge in [0.1, 0.15) is 5.78 Å². The molecule has 0 N–H and O–H groups in total. The van der Waals surface area contributed by atoms with E-state index < -0.39 is 0 Å². The van der Waals surface area contributed by atoms with Crippen molar-refractivity contribution < 1.29 is 9.59 Å². The van der Waals surface area contributed by atoms with Gasteiger partial charge in [-0.15, -0.1) is 0 Å². The smallest absolute Gasteiger partial charge is 0.162 e. The van der Waals surface area contributed by atoms with Crippen LogP contribution in [-0.4, -0.2) is 11.6 Å². The summed E-state index contributed by atoms with van der Waals surface area (Å²) in [6.07, 6.45) is 2.50. The zero-order valence-corrected chi connectivity index (χ0v) is 9.95. The zero-order valence-electron chi connectivity index (χ0n) is 9.95. The molecule has 0 aromatic heterocycles. The second-order valence-corrected chi connectivity index (χ2v) is 3.87. The SMILES string of the molecule is CCC(=O)CCc1ccc(C(=O)CC)cc1. The predicted molar refractivity (Wildman–Crippen MR) is 64.7 cm³/mol. The number of ketones is 2. The number of Topliss-reactive ketones (excluding diaryl/α,β-unsaturated/α-hetero) is 2. The summed E-state index contributed by atoms with van der Waals surface area (Å²) in [6.45, 7) is 3.74. The first-order chi connectivity index (χ1) is 7.67. The van der Waals surface area contributed by atoms with Crippen molar-refractivity contribution in [1.82, 2.24) is 0 Å². The molecule has 16 heavy (non-hydrogen) atoms. The van der Waals surface area contributed by atoms with Crippen molar-refractivity contribution in [3.05, 3.63) is 35.4 Å². The molecule has 0 aliphatic heterocycles. The van der Waals surface area contributed by atoms with E-state index in [0.717, 1.165) is 17.5 Å².